The van der Waals surface area contributed by atoms with Crippen molar-refractivity contribution >= 4 is 25.7 Å². The molecule has 0 heterocycles. The highest BCUT2D eigenvalue weighted by molar-refractivity contribution is 7.47. The van der Waals surface area contributed by atoms with Gasteiger partial charge < -0.3 is 24.2 Å². The van der Waals surface area contributed by atoms with Crippen molar-refractivity contribution in [3.63, 3.8) is 0 Å². The molecular weight excluding hydrogens is 1000 g/mol. The first-order valence-electron chi connectivity index (χ1n) is 30.8. The highest BCUT2D eigenvalue weighted by atomic mass is 31.2. The number of aliphatic hydroxyl groups is 1. The van der Waals surface area contributed by atoms with E-state index in [1.54, 1.807) is 0 Å². The molecule has 0 spiro atoms. The van der Waals surface area contributed by atoms with E-state index >= 15 is 0 Å². The van der Waals surface area contributed by atoms with Crippen LogP contribution in [0.15, 0.2) is 109 Å². The quantitative estimate of drug-likeness (QED) is 0.0197. The lowest BCUT2D eigenvalue weighted by Crippen LogP contribution is -2.30. The van der Waals surface area contributed by atoms with E-state index in [4.69, 9.17) is 23.3 Å². The smallest absolute Gasteiger partial charge is 0.462 e. The van der Waals surface area contributed by atoms with Gasteiger partial charge in [-0.05, 0) is 128 Å². The summed E-state index contributed by atoms with van der Waals surface area (Å²) < 4.78 is 39.6. The predicted molar refractivity (Wildman–Crippen MR) is 325 cm³/mol. The van der Waals surface area contributed by atoms with Gasteiger partial charge in [0.2, 0.25) is 0 Å². The van der Waals surface area contributed by atoms with Gasteiger partial charge in [0.25, 0.3) is 0 Å². The number of ether oxygens (including phenoxy) is 3. The van der Waals surface area contributed by atoms with Crippen LogP contribution < -0.4 is 0 Å². The first-order chi connectivity index (χ1) is 38.2. The molecule has 0 saturated heterocycles. The predicted octanol–water partition coefficient (Wildman–Crippen LogP) is 18.6. The van der Waals surface area contributed by atoms with Crippen molar-refractivity contribution < 1.29 is 52.2 Å². The average molecular weight is 1110 g/mol. The van der Waals surface area contributed by atoms with E-state index in [-0.39, 0.29) is 25.9 Å². The summed E-state index contributed by atoms with van der Waals surface area (Å²) in [6, 6.07) is 0. The van der Waals surface area contributed by atoms with Crippen LogP contribution in [0.1, 0.15) is 252 Å². The van der Waals surface area contributed by atoms with Crippen molar-refractivity contribution in [1.82, 2.24) is 0 Å². The van der Waals surface area contributed by atoms with Gasteiger partial charge in [0.15, 0.2) is 6.10 Å². The second-order valence-corrected chi connectivity index (χ2v) is 21.6. The fourth-order valence-corrected chi connectivity index (χ4v) is 8.76. The van der Waals surface area contributed by atoms with Crippen molar-refractivity contribution in [3.05, 3.63) is 109 Å². The van der Waals surface area contributed by atoms with Gasteiger partial charge in [-0.3, -0.25) is 23.4 Å². The van der Waals surface area contributed by atoms with Crippen molar-refractivity contribution in [1.29, 1.82) is 0 Å². The zero-order valence-corrected chi connectivity index (χ0v) is 50.2. The molecule has 12 heteroatoms. The van der Waals surface area contributed by atoms with Crippen LogP contribution in [0.4, 0.5) is 0 Å². The monoisotopic (exact) mass is 1110 g/mol. The molecular formula is C66H111O11P. The summed E-state index contributed by atoms with van der Waals surface area (Å²) >= 11 is 0. The molecule has 0 amide bonds. The first-order valence-corrected chi connectivity index (χ1v) is 32.3. The molecule has 446 valence electrons. The third-order valence-electron chi connectivity index (χ3n) is 12.6. The Morgan fingerprint density at radius 3 is 1.08 bits per heavy atom. The number of phosphoric acid groups is 1. The number of hydrogen-bond donors (Lipinski definition) is 2. The summed E-state index contributed by atoms with van der Waals surface area (Å²) in [7, 11) is -4.77. The molecule has 0 aliphatic heterocycles. The maximum absolute atomic E-state index is 12.9. The standard InChI is InChI=1S/C66H111O11P/c1-4-7-10-13-16-19-22-25-27-29-31-33-35-38-40-43-46-49-52-55-64(68)73-59-63(77-66(70)57-54-51-48-45-42-39-36-34-32-30-28-26-23-20-17-14-11-8-5-2)61-75-78(71,72)74-60-62(58-67)76-65(69)56-53-50-47-44-41-37-24-21-18-15-12-9-6-3/h7,10,16-17,19-21,24-28,31-34,38,40,62-63,67H,4-6,8-9,11-15,18,22-23,29-30,35-37,39,41-61H2,1-3H3,(H,71,72)/b10-7-,19-16-,20-17-,24-21-,27-25-,28-26-,33-31-,34-32-,40-38-. The normalized spacial score (nSPS) is 14.1. The third-order valence-corrected chi connectivity index (χ3v) is 13.6. The Morgan fingerprint density at radius 2 is 0.667 bits per heavy atom. The van der Waals surface area contributed by atoms with Crippen LogP contribution in [-0.2, 0) is 42.2 Å². The minimum absolute atomic E-state index is 0.140. The van der Waals surface area contributed by atoms with Crippen LogP contribution >= 0.6 is 7.82 Å². The molecule has 0 rings (SSSR count). The summed E-state index contributed by atoms with van der Waals surface area (Å²) in [6.07, 6.45) is 71.8. The topological polar surface area (TPSA) is 155 Å². The largest absolute Gasteiger partial charge is 0.472 e. The van der Waals surface area contributed by atoms with Crippen molar-refractivity contribution in [3.8, 4) is 0 Å². The number of hydrogen-bond acceptors (Lipinski definition) is 10. The van der Waals surface area contributed by atoms with Gasteiger partial charge in [0.05, 0.1) is 19.8 Å². The van der Waals surface area contributed by atoms with E-state index in [1.807, 2.05) is 0 Å². The van der Waals surface area contributed by atoms with E-state index in [0.29, 0.717) is 19.3 Å². The van der Waals surface area contributed by atoms with Crippen molar-refractivity contribution in [2.45, 2.75) is 264 Å². The van der Waals surface area contributed by atoms with Crippen LogP contribution in [0, 0.1) is 0 Å². The number of aliphatic hydroxyl groups excluding tert-OH is 1. The number of esters is 3. The van der Waals surface area contributed by atoms with Crippen LogP contribution in [-0.4, -0.2) is 66.5 Å². The summed E-state index contributed by atoms with van der Waals surface area (Å²) in [5, 5.41) is 9.83. The zero-order valence-electron chi connectivity index (χ0n) is 49.3. The number of phosphoric ester groups is 1. The number of allylic oxidation sites excluding steroid dienone is 18. The zero-order chi connectivity index (χ0) is 56.9. The fraction of sp³-hybridized carbons (Fsp3) is 0.682. The van der Waals surface area contributed by atoms with Crippen LogP contribution in [0.2, 0.25) is 0 Å². The second-order valence-electron chi connectivity index (χ2n) is 20.1. The Morgan fingerprint density at radius 1 is 0.372 bits per heavy atom. The lowest BCUT2D eigenvalue weighted by atomic mass is 10.1. The Balaban J connectivity index is 4.82. The first kappa shape index (κ1) is 74.1. The highest BCUT2D eigenvalue weighted by Gasteiger charge is 2.28. The highest BCUT2D eigenvalue weighted by Crippen LogP contribution is 2.43. The lowest BCUT2D eigenvalue weighted by Gasteiger charge is -2.21. The number of carbonyl (C=O) groups excluding carboxylic acids is 3. The number of unbranched alkanes of at least 4 members (excludes halogenated alkanes) is 21. The second kappa shape index (κ2) is 59.3. The summed E-state index contributed by atoms with van der Waals surface area (Å²) in [5.74, 6) is -1.53. The molecule has 0 bridgehead atoms. The Kier molecular flexibility index (Phi) is 56.3. The molecule has 0 fully saturated rings. The molecule has 0 aromatic rings. The Labute approximate surface area is 475 Å². The summed E-state index contributed by atoms with van der Waals surface area (Å²) in [4.78, 5) is 48.7. The number of rotatable bonds is 56. The van der Waals surface area contributed by atoms with E-state index in [2.05, 4.69) is 130 Å². The van der Waals surface area contributed by atoms with E-state index < -0.39 is 57.8 Å². The van der Waals surface area contributed by atoms with Gasteiger partial charge in [0, 0.05) is 19.3 Å². The summed E-state index contributed by atoms with van der Waals surface area (Å²) in [5.41, 5.74) is 0. The average Bonchev–Trinajstić information content (AvgIpc) is 3.43. The fourth-order valence-electron chi connectivity index (χ4n) is 7.97. The van der Waals surface area contributed by atoms with Gasteiger partial charge in [-0.2, -0.15) is 0 Å². The van der Waals surface area contributed by atoms with Crippen LogP contribution in [0.25, 0.3) is 0 Å². The Hall–Kier alpha value is -3.86. The molecule has 3 unspecified atom stereocenters. The molecule has 78 heavy (non-hydrogen) atoms. The van der Waals surface area contributed by atoms with Gasteiger partial charge in [-0.15, -0.1) is 0 Å². The lowest BCUT2D eigenvalue weighted by molar-refractivity contribution is -0.161. The molecule has 11 nitrogen and oxygen atoms in total. The van der Waals surface area contributed by atoms with Gasteiger partial charge in [-0.1, -0.05) is 214 Å². The van der Waals surface area contributed by atoms with Gasteiger partial charge in [0.1, 0.15) is 12.7 Å². The van der Waals surface area contributed by atoms with Gasteiger partial charge in [-0.25, -0.2) is 4.57 Å². The van der Waals surface area contributed by atoms with Gasteiger partial charge >= 0.3 is 25.7 Å². The van der Waals surface area contributed by atoms with E-state index in [1.165, 1.54) is 51.4 Å². The van der Waals surface area contributed by atoms with Crippen LogP contribution in [0.5, 0.6) is 0 Å². The van der Waals surface area contributed by atoms with E-state index in [9.17, 15) is 28.9 Å². The molecule has 3 atom stereocenters. The molecule has 0 aliphatic rings. The van der Waals surface area contributed by atoms with Crippen LogP contribution in [0.3, 0.4) is 0 Å². The summed E-state index contributed by atoms with van der Waals surface area (Å²) in [6.45, 7) is 4.43. The number of carbonyl (C=O) groups is 3. The molecule has 0 aromatic carbocycles. The maximum atomic E-state index is 12.9. The molecule has 0 aliphatic carbocycles. The van der Waals surface area contributed by atoms with Crippen molar-refractivity contribution in [2.24, 2.45) is 0 Å². The molecule has 2 N–H and O–H groups in total. The maximum Gasteiger partial charge on any atom is 0.472 e. The minimum atomic E-state index is -4.77. The SMILES string of the molecule is CC/C=C\C/C=C\C/C=C\C/C=C\C/C=C\CCCCCC(=O)OCC(COP(=O)(O)OCC(CO)OC(=O)CCCCCCC/C=C\CCCCCC)OC(=O)CCCCCCCC/C=C\C/C=C\C/C=C\CCCCC. The molecule has 0 saturated carbocycles. The molecule has 0 aromatic heterocycles. The van der Waals surface area contributed by atoms with E-state index in [0.717, 1.165) is 141 Å². The minimum Gasteiger partial charge on any atom is -0.462 e. The third kappa shape index (κ3) is 56.8. The Bertz CT molecular complexity index is 1720. The van der Waals surface area contributed by atoms with Crippen molar-refractivity contribution in [2.75, 3.05) is 26.4 Å². The molecule has 0 radical (unpaired) electrons.